The fourth-order valence-electron chi connectivity index (χ4n) is 2.65. The lowest BCUT2D eigenvalue weighted by atomic mass is 10.1. The highest BCUT2D eigenvalue weighted by molar-refractivity contribution is 6.09. The van der Waals surface area contributed by atoms with Gasteiger partial charge in [-0.25, -0.2) is 4.98 Å². The smallest absolute Gasteiger partial charge is 0.261 e. The normalized spacial score (nSPS) is 10.5. The van der Waals surface area contributed by atoms with Gasteiger partial charge in [0.05, 0.1) is 11.2 Å². The third-order valence-corrected chi connectivity index (χ3v) is 3.87. The maximum atomic E-state index is 12.8. The Bertz CT molecular complexity index is 1060. The van der Waals surface area contributed by atoms with Gasteiger partial charge in [0.15, 0.2) is 0 Å². The summed E-state index contributed by atoms with van der Waals surface area (Å²) in [5, 5.41) is 3.80. The largest absolute Gasteiger partial charge is 0.438 e. The van der Waals surface area contributed by atoms with E-state index in [0.717, 1.165) is 10.9 Å². The summed E-state index contributed by atoms with van der Waals surface area (Å²) in [5.41, 5.74) is 1.87. The fourth-order valence-corrected chi connectivity index (χ4v) is 2.65. The van der Waals surface area contributed by atoms with E-state index >= 15 is 0 Å². The molecule has 0 bridgehead atoms. The van der Waals surface area contributed by atoms with Gasteiger partial charge < -0.3 is 10.1 Å². The molecule has 26 heavy (non-hydrogen) atoms. The second-order valence-corrected chi connectivity index (χ2v) is 5.60. The standard InChI is InChI=1S/C21H15N3O2/c25-20(24-19-12-4-11-18-16(19)9-5-13-22-18)17-10-6-14-23-21(17)26-15-7-2-1-3-8-15/h1-14H,(H,24,25). The Morgan fingerprint density at radius 1 is 0.808 bits per heavy atom. The molecule has 0 atom stereocenters. The predicted molar refractivity (Wildman–Crippen MR) is 100 cm³/mol. The minimum Gasteiger partial charge on any atom is -0.438 e. The van der Waals surface area contributed by atoms with Gasteiger partial charge in [0.25, 0.3) is 5.91 Å². The number of anilines is 1. The van der Waals surface area contributed by atoms with Crippen LogP contribution in [0.1, 0.15) is 10.4 Å². The molecular formula is C21H15N3O2. The highest BCUT2D eigenvalue weighted by Gasteiger charge is 2.15. The van der Waals surface area contributed by atoms with E-state index in [2.05, 4.69) is 15.3 Å². The van der Waals surface area contributed by atoms with Gasteiger partial charge in [-0.05, 0) is 48.5 Å². The maximum absolute atomic E-state index is 12.8. The molecule has 0 aliphatic carbocycles. The first kappa shape index (κ1) is 15.8. The van der Waals surface area contributed by atoms with Crippen LogP contribution in [0.25, 0.3) is 10.9 Å². The molecule has 5 heteroatoms. The van der Waals surface area contributed by atoms with Crippen LogP contribution in [0.3, 0.4) is 0 Å². The van der Waals surface area contributed by atoms with Crippen molar-refractivity contribution in [3.63, 3.8) is 0 Å². The van der Waals surface area contributed by atoms with Gasteiger partial charge in [-0.15, -0.1) is 0 Å². The minimum absolute atomic E-state index is 0.259. The van der Waals surface area contributed by atoms with E-state index in [1.54, 1.807) is 24.5 Å². The van der Waals surface area contributed by atoms with Crippen molar-refractivity contribution >= 4 is 22.5 Å². The number of para-hydroxylation sites is 1. The molecule has 0 spiro atoms. The summed E-state index contributed by atoms with van der Waals surface area (Å²) >= 11 is 0. The van der Waals surface area contributed by atoms with Crippen molar-refractivity contribution in [2.24, 2.45) is 0 Å². The van der Waals surface area contributed by atoms with Crippen LogP contribution in [0.4, 0.5) is 5.69 Å². The molecule has 126 valence electrons. The maximum Gasteiger partial charge on any atom is 0.261 e. The van der Waals surface area contributed by atoms with Crippen LogP contribution in [0.2, 0.25) is 0 Å². The number of benzene rings is 2. The Labute approximate surface area is 150 Å². The van der Waals surface area contributed by atoms with Crippen LogP contribution in [0.15, 0.2) is 85.2 Å². The average molecular weight is 341 g/mol. The van der Waals surface area contributed by atoms with Crippen molar-refractivity contribution in [3.8, 4) is 11.6 Å². The van der Waals surface area contributed by atoms with Crippen molar-refractivity contribution in [3.05, 3.63) is 90.8 Å². The summed E-state index contributed by atoms with van der Waals surface area (Å²) in [6, 6.07) is 22.0. The Hall–Kier alpha value is -3.73. The number of carbonyl (C=O) groups excluding carboxylic acids is 1. The van der Waals surface area contributed by atoms with Gasteiger partial charge in [-0.1, -0.05) is 24.3 Å². The number of fused-ring (bicyclic) bond motifs is 1. The predicted octanol–water partition coefficient (Wildman–Crippen LogP) is 4.67. The Kier molecular flexibility index (Phi) is 4.26. The third kappa shape index (κ3) is 3.23. The van der Waals surface area contributed by atoms with Gasteiger partial charge in [-0.3, -0.25) is 9.78 Å². The molecule has 4 aromatic rings. The van der Waals surface area contributed by atoms with Gasteiger partial charge in [0.2, 0.25) is 5.88 Å². The van der Waals surface area contributed by atoms with E-state index in [1.165, 1.54) is 0 Å². The molecule has 0 saturated heterocycles. The van der Waals surface area contributed by atoms with Crippen LogP contribution in [-0.2, 0) is 0 Å². The number of amides is 1. The summed E-state index contributed by atoms with van der Waals surface area (Å²) in [6.45, 7) is 0. The topological polar surface area (TPSA) is 64.1 Å². The molecular weight excluding hydrogens is 326 g/mol. The van der Waals surface area contributed by atoms with Gasteiger partial charge >= 0.3 is 0 Å². The molecule has 2 aromatic carbocycles. The molecule has 0 saturated carbocycles. The summed E-state index contributed by atoms with van der Waals surface area (Å²) in [4.78, 5) is 21.3. The van der Waals surface area contributed by atoms with Crippen molar-refractivity contribution < 1.29 is 9.53 Å². The molecule has 2 aromatic heterocycles. The lowest BCUT2D eigenvalue weighted by Crippen LogP contribution is -2.14. The zero-order valence-electron chi connectivity index (χ0n) is 13.8. The van der Waals surface area contributed by atoms with Crippen molar-refractivity contribution in [2.75, 3.05) is 5.32 Å². The molecule has 4 rings (SSSR count). The quantitative estimate of drug-likeness (QED) is 0.586. The molecule has 0 unspecified atom stereocenters. The van der Waals surface area contributed by atoms with Crippen molar-refractivity contribution in [1.29, 1.82) is 0 Å². The van der Waals surface area contributed by atoms with E-state index in [9.17, 15) is 4.79 Å². The first-order chi connectivity index (χ1) is 12.8. The molecule has 1 amide bonds. The average Bonchev–Trinajstić information content (AvgIpc) is 2.69. The molecule has 0 aliphatic heterocycles. The number of carbonyl (C=O) groups is 1. The van der Waals surface area contributed by atoms with Gasteiger partial charge in [-0.2, -0.15) is 0 Å². The summed E-state index contributed by atoms with van der Waals surface area (Å²) < 4.78 is 5.77. The highest BCUT2D eigenvalue weighted by atomic mass is 16.5. The summed E-state index contributed by atoms with van der Waals surface area (Å²) in [6.07, 6.45) is 3.32. The summed E-state index contributed by atoms with van der Waals surface area (Å²) in [5.74, 6) is 0.588. The second-order valence-electron chi connectivity index (χ2n) is 5.60. The van der Waals surface area contributed by atoms with Gasteiger partial charge in [0.1, 0.15) is 11.3 Å². The van der Waals surface area contributed by atoms with E-state index in [4.69, 9.17) is 4.74 Å². The Morgan fingerprint density at radius 3 is 2.50 bits per heavy atom. The van der Waals surface area contributed by atoms with E-state index in [1.807, 2.05) is 60.7 Å². The van der Waals surface area contributed by atoms with E-state index in [0.29, 0.717) is 17.0 Å². The number of hydrogen-bond acceptors (Lipinski definition) is 4. The van der Waals surface area contributed by atoms with Crippen LogP contribution >= 0.6 is 0 Å². The number of nitrogens with one attached hydrogen (secondary N) is 1. The zero-order valence-corrected chi connectivity index (χ0v) is 13.8. The Morgan fingerprint density at radius 2 is 1.62 bits per heavy atom. The molecule has 0 fully saturated rings. The molecule has 0 aliphatic rings. The van der Waals surface area contributed by atoms with Crippen molar-refractivity contribution in [1.82, 2.24) is 9.97 Å². The number of aromatic nitrogens is 2. The lowest BCUT2D eigenvalue weighted by Gasteiger charge is -2.11. The van der Waals surface area contributed by atoms with E-state index < -0.39 is 0 Å². The molecule has 5 nitrogen and oxygen atoms in total. The van der Waals surface area contributed by atoms with Crippen LogP contribution in [0.5, 0.6) is 11.6 Å². The third-order valence-electron chi connectivity index (χ3n) is 3.87. The highest BCUT2D eigenvalue weighted by Crippen LogP contribution is 2.25. The zero-order chi connectivity index (χ0) is 17.8. The minimum atomic E-state index is -0.291. The second kappa shape index (κ2) is 7.03. The monoisotopic (exact) mass is 341 g/mol. The number of nitrogens with zero attached hydrogens (tertiary/aromatic N) is 2. The Balaban J connectivity index is 1.64. The van der Waals surface area contributed by atoms with Gasteiger partial charge in [0, 0.05) is 17.8 Å². The van der Waals surface area contributed by atoms with Crippen LogP contribution < -0.4 is 10.1 Å². The molecule has 2 heterocycles. The first-order valence-corrected chi connectivity index (χ1v) is 8.14. The number of rotatable bonds is 4. The molecule has 1 N–H and O–H groups in total. The fraction of sp³-hybridized carbons (Fsp3) is 0. The van der Waals surface area contributed by atoms with E-state index in [-0.39, 0.29) is 11.8 Å². The van der Waals surface area contributed by atoms with Crippen LogP contribution in [0, 0.1) is 0 Å². The SMILES string of the molecule is O=C(Nc1cccc2ncccc12)c1cccnc1Oc1ccccc1. The first-order valence-electron chi connectivity index (χ1n) is 8.14. The molecule has 0 radical (unpaired) electrons. The number of pyridine rings is 2. The van der Waals surface area contributed by atoms with Crippen molar-refractivity contribution in [2.45, 2.75) is 0 Å². The number of hydrogen-bond donors (Lipinski definition) is 1. The van der Waals surface area contributed by atoms with Crippen LogP contribution in [-0.4, -0.2) is 15.9 Å². The number of ether oxygens (including phenoxy) is 1. The lowest BCUT2D eigenvalue weighted by molar-refractivity contribution is 0.102. The summed E-state index contributed by atoms with van der Waals surface area (Å²) in [7, 11) is 0.